The highest BCUT2D eigenvalue weighted by molar-refractivity contribution is 7.98. The molecule has 0 saturated heterocycles. The first-order valence-electron chi connectivity index (χ1n) is 5.88. The lowest BCUT2D eigenvalue weighted by atomic mass is 9.92. The van der Waals surface area contributed by atoms with Gasteiger partial charge in [0.15, 0.2) is 0 Å². The number of carbonyl (C=O) groups excluding carboxylic acids is 1. The van der Waals surface area contributed by atoms with Gasteiger partial charge < -0.3 is 16.2 Å². The van der Waals surface area contributed by atoms with Crippen LogP contribution in [0.25, 0.3) is 0 Å². The summed E-state index contributed by atoms with van der Waals surface area (Å²) < 4.78 is 0. The summed E-state index contributed by atoms with van der Waals surface area (Å²) in [5, 5.41) is 12.6. The van der Waals surface area contributed by atoms with Crippen LogP contribution in [-0.2, 0) is 4.79 Å². The Morgan fingerprint density at radius 1 is 1.56 bits per heavy atom. The van der Waals surface area contributed by atoms with Gasteiger partial charge in [-0.1, -0.05) is 12.8 Å². The van der Waals surface area contributed by atoms with Gasteiger partial charge in [0.1, 0.15) is 0 Å². The minimum absolute atomic E-state index is 0.0958. The first kappa shape index (κ1) is 13.8. The molecule has 0 aromatic heterocycles. The summed E-state index contributed by atoms with van der Waals surface area (Å²) in [6.45, 7) is 0. The van der Waals surface area contributed by atoms with Crippen molar-refractivity contribution in [3.63, 3.8) is 0 Å². The van der Waals surface area contributed by atoms with Crippen molar-refractivity contribution in [3.8, 4) is 0 Å². The SMILES string of the molecule is CSCC[C@H](N)C(=O)N[C@@H]1CCCC[C@H]1O. The van der Waals surface area contributed by atoms with E-state index in [0.29, 0.717) is 6.42 Å². The number of hydrogen-bond acceptors (Lipinski definition) is 4. The normalized spacial score (nSPS) is 27.4. The molecule has 4 N–H and O–H groups in total. The van der Waals surface area contributed by atoms with Crippen LogP contribution in [0.2, 0.25) is 0 Å². The predicted molar refractivity (Wildman–Crippen MR) is 67.4 cm³/mol. The quantitative estimate of drug-likeness (QED) is 0.660. The molecule has 1 rings (SSSR count). The Hall–Kier alpha value is -0.260. The molecular weight excluding hydrogens is 224 g/mol. The van der Waals surface area contributed by atoms with Crippen molar-refractivity contribution in [2.75, 3.05) is 12.0 Å². The molecule has 16 heavy (non-hydrogen) atoms. The van der Waals surface area contributed by atoms with Gasteiger partial charge in [-0.05, 0) is 31.3 Å². The molecule has 0 aromatic carbocycles. The summed E-state index contributed by atoms with van der Waals surface area (Å²) in [6.07, 6.45) is 6.05. The van der Waals surface area contributed by atoms with E-state index in [1.165, 1.54) is 0 Å². The second-order valence-electron chi connectivity index (χ2n) is 4.35. The molecule has 0 unspecified atom stereocenters. The maximum atomic E-state index is 11.7. The Labute approximate surface area is 101 Å². The van der Waals surface area contributed by atoms with E-state index in [-0.39, 0.29) is 11.9 Å². The lowest BCUT2D eigenvalue weighted by Gasteiger charge is -2.29. The van der Waals surface area contributed by atoms with E-state index < -0.39 is 12.1 Å². The molecule has 3 atom stereocenters. The number of hydrogen-bond donors (Lipinski definition) is 3. The Morgan fingerprint density at radius 3 is 2.88 bits per heavy atom. The van der Waals surface area contributed by atoms with Crippen LogP contribution in [0.5, 0.6) is 0 Å². The molecule has 1 aliphatic rings. The molecule has 4 nitrogen and oxygen atoms in total. The average molecular weight is 246 g/mol. The van der Waals surface area contributed by atoms with Crippen LogP contribution in [0.4, 0.5) is 0 Å². The number of rotatable bonds is 5. The molecule has 0 bridgehead atoms. The van der Waals surface area contributed by atoms with Crippen LogP contribution < -0.4 is 11.1 Å². The maximum absolute atomic E-state index is 11.7. The highest BCUT2D eigenvalue weighted by Gasteiger charge is 2.26. The number of aliphatic hydroxyl groups excluding tert-OH is 1. The van der Waals surface area contributed by atoms with Crippen LogP contribution in [0.3, 0.4) is 0 Å². The summed E-state index contributed by atoms with van der Waals surface area (Å²) in [5.41, 5.74) is 5.76. The fraction of sp³-hybridized carbons (Fsp3) is 0.909. The molecule has 0 radical (unpaired) electrons. The molecule has 1 saturated carbocycles. The van der Waals surface area contributed by atoms with Crippen molar-refractivity contribution < 1.29 is 9.90 Å². The van der Waals surface area contributed by atoms with Gasteiger partial charge in [0.25, 0.3) is 0 Å². The zero-order chi connectivity index (χ0) is 12.0. The van der Waals surface area contributed by atoms with E-state index in [1.54, 1.807) is 11.8 Å². The van der Waals surface area contributed by atoms with Gasteiger partial charge in [-0.2, -0.15) is 11.8 Å². The lowest BCUT2D eigenvalue weighted by molar-refractivity contribution is -0.124. The third kappa shape index (κ3) is 4.31. The Morgan fingerprint density at radius 2 is 2.25 bits per heavy atom. The van der Waals surface area contributed by atoms with Crippen LogP contribution in [-0.4, -0.2) is 41.2 Å². The predicted octanol–water partition coefficient (Wildman–Crippen LogP) is 0.486. The van der Waals surface area contributed by atoms with Gasteiger partial charge >= 0.3 is 0 Å². The van der Waals surface area contributed by atoms with Crippen molar-refractivity contribution in [1.82, 2.24) is 5.32 Å². The topological polar surface area (TPSA) is 75.4 Å². The van der Waals surface area contributed by atoms with E-state index in [1.807, 2.05) is 6.26 Å². The zero-order valence-corrected chi connectivity index (χ0v) is 10.6. The molecule has 1 aliphatic carbocycles. The number of amides is 1. The molecule has 94 valence electrons. The number of nitrogens with one attached hydrogen (secondary N) is 1. The standard InChI is InChI=1S/C11H22N2O2S/c1-16-7-6-8(12)11(15)13-9-4-2-3-5-10(9)14/h8-10,14H,2-7,12H2,1H3,(H,13,15)/t8-,9+,10+/m0/s1. The summed E-state index contributed by atoms with van der Waals surface area (Å²) in [7, 11) is 0. The van der Waals surface area contributed by atoms with Gasteiger partial charge in [0.2, 0.25) is 5.91 Å². The van der Waals surface area contributed by atoms with Gasteiger partial charge in [0.05, 0.1) is 18.2 Å². The van der Waals surface area contributed by atoms with Gasteiger partial charge in [-0.15, -0.1) is 0 Å². The molecule has 1 fully saturated rings. The van der Waals surface area contributed by atoms with E-state index >= 15 is 0 Å². The molecule has 1 amide bonds. The zero-order valence-electron chi connectivity index (χ0n) is 9.82. The lowest BCUT2D eigenvalue weighted by Crippen LogP contribution is -2.50. The molecule has 0 spiro atoms. The minimum Gasteiger partial charge on any atom is -0.391 e. The van der Waals surface area contributed by atoms with Crippen molar-refractivity contribution >= 4 is 17.7 Å². The Balaban J connectivity index is 2.31. The van der Waals surface area contributed by atoms with Gasteiger partial charge in [0, 0.05) is 0 Å². The molecular formula is C11H22N2O2S. The van der Waals surface area contributed by atoms with E-state index in [4.69, 9.17) is 5.73 Å². The molecule has 5 heteroatoms. The Bertz CT molecular complexity index is 226. The first-order valence-corrected chi connectivity index (χ1v) is 7.27. The Kier molecular flexibility index (Phi) is 6.16. The van der Waals surface area contributed by atoms with Crippen molar-refractivity contribution in [2.45, 2.75) is 50.3 Å². The van der Waals surface area contributed by atoms with Crippen molar-refractivity contribution in [3.05, 3.63) is 0 Å². The molecule has 0 aliphatic heterocycles. The maximum Gasteiger partial charge on any atom is 0.237 e. The van der Waals surface area contributed by atoms with Crippen molar-refractivity contribution in [2.24, 2.45) is 5.73 Å². The monoisotopic (exact) mass is 246 g/mol. The summed E-state index contributed by atoms with van der Waals surface area (Å²) >= 11 is 1.68. The molecule has 0 aromatic rings. The van der Waals surface area contributed by atoms with Crippen molar-refractivity contribution in [1.29, 1.82) is 0 Å². The summed E-state index contributed by atoms with van der Waals surface area (Å²) in [5.74, 6) is 0.766. The number of carbonyl (C=O) groups is 1. The van der Waals surface area contributed by atoms with E-state index in [0.717, 1.165) is 31.4 Å². The average Bonchev–Trinajstić information content (AvgIpc) is 2.28. The third-order valence-corrected chi connectivity index (χ3v) is 3.67. The van der Waals surface area contributed by atoms with Crippen LogP contribution in [0.1, 0.15) is 32.1 Å². The fourth-order valence-corrected chi connectivity index (χ4v) is 2.43. The minimum atomic E-state index is -0.443. The van der Waals surface area contributed by atoms with Gasteiger partial charge in [-0.3, -0.25) is 4.79 Å². The third-order valence-electron chi connectivity index (χ3n) is 3.03. The van der Waals surface area contributed by atoms with E-state index in [9.17, 15) is 9.90 Å². The van der Waals surface area contributed by atoms with Crippen LogP contribution >= 0.6 is 11.8 Å². The van der Waals surface area contributed by atoms with Gasteiger partial charge in [-0.25, -0.2) is 0 Å². The second-order valence-corrected chi connectivity index (χ2v) is 5.34. The largest absolute Gasteiger partial charge is 0.391 e. The number of aliphatic hydroxyl groups is 1. The number of thioether (sulfide) groups is 1. The molecule has 0 heterocycles. The summed E-state index contributed by atoms with van der Waals surface area (Å²) in [6, 6.07) is -0.539. The first-order chi connectivity index (χ1) is 7.65. The highest BCUT2D eigenvalue weighted by Crippen LogP contribution is 2.18. The van der Waals surface area contributed by atoms with Crippen LogP contribution in [0.15, 0.2) is 0 Å². The summed E-state index contributed by atoms with van der Waals surface area (Å²) in [4.78, 5) is 11.7. The van der Waals surface area contributed by atoms with E-state index in [2.05, 4.69) is 5.32 Å². The highest BCUT2D eigenvalue weighted by atomic mass is 32.2. The smallest absolute Gasteiger partial charge is 0.237 e. The van der Waals surface area contributed by atoms with Crippen LogP contribution in [0, 0.1) is 0 Å². The number of nitrogens with two attached hydrogens (primary N) is 1. The second kappa shape index (κ2) is 7.14. The fourth-order valence-electron chi connectivity index (χ4n) is 1.95.